The standard InChI is InChI=1S/C23H26BrNO3/c1-14(2)23(4,22(26)27)21-15(3)25(13-16-6-8-17(24)9-7-16)20-11-10-18(28-5)12-19(20)21/h6-12,14H,13H2,1-5H3,(H,26,27)/t23-/m1/s1. The monoisotopic (exact) mass is 443 g/mol. The van der Waals surface area contributed by atoms with Gasteiger partial charge in [-0.25, -0.2) is 0 Å². The van der Waals surface area contributed by atoms with Crippen molar-refractivity contribution in [1.29, 1.82) is 0 Å². The Morgan fingerprint density at radius 1 is 1.21 bits per heavy atom. The van der Waals surface area contributed by atoms with Crippen LogP contribution in [-0.4, -0.2) is 22.8 Å². The lowest BCUT2D eigenvalue weighted by molar-refractivity contribution is -0.144. The van der Waals surface area contributed by atoms with Crippen LogP contribution in [0.4, 0.5) is 0 Å². The molecular formula is C23H26BrNO3. The van der Waals surface area contributed by atoms with Gasteiger partial charge < -0.3 is 14.4 Å². The minimum absolute atomic E-state index is 0.0679. The second kappa shape index (κ2) is 7.63. The summed E-state index contributed by atoms with van der Waals surface area (Å²) in [7, 11) is 1.63. The predicted octanol–water partition coefficient (Wildman–Crippen LogP) is 5.77. The molecule has 1 N–H and O–H groups in total. The van der Waals surface area contributed by atoms with E-state index in [0.717, 1.165) is 37.9 Å². The van der Waals surface area contributed by atoms with E-state index in [1.807, 2.05) is 58.0 Å². The molecule has 0 fully saturated rings. The zero-order valence-corrected chi connectivity index (χ0v) is 18.5. The van der Waals surface area contributed by atoms with Crippen molar-refractivity contribution < 1.29 is 14.6 Å². The highest BCUT2D eigenvalue weighted by Crippen LogP contribution is 2.42. The molecule has 0 spiro atoms. The van der Waals surface area contributed by atoms with E-state index in [9.17, 15) is 9.90 Å². The Hall–Kier alpha value is -2.27. The fourth-order valence-corrected chi connectivity index (χ4v) is 4.13. The molecule has 28 heavy (non-hydrogen) atoms. The summed E-state index contributed by atoms with van der Waals surface area (Å²) in [5, 5.41) is 11.1. The van der Waals surface area contributed by atoms with Crippen LogP contribution < -0.4 is 4.74 Å². The highest BCUT2D eigenvalue weighted by atomic mass is 79.9. The summed E-state index contributed by atoms with van der Waals surface area (Å²) in [6.07, 6.45) is 0. The number of ether oxygens (including phenoxy) is 1. The first-order valence-electron chi connectivity index (χ1n) is 9.35. The van der Waals surface area contributed by atoms with Gasteiger partial charge in [0.05, 0.1) is 12.5 Å². The first kappa shape index (κ1) is 20.5. The van der Waals surface area contributed by atoms with Crippen molar-refractivity contribution in [2.75, 3.05) is 7.11 Å². The molecule has 0 saturated heterocycles. The maximum absolute atomic E-state index is 12.4. The van der Waals surface area contributed by atoms with Gasteiger partial charge in [0.2, 0.25) is 0 Å². The van der Waals surface area contributed by atoms with Gasteiger partial charge in [0, 0.05) is 27.6 Å². The molecule has 1 aromatic heterocycles. The first-order valence-corrected chi connectivity index (χ1v) is 10.1. The van der Waals surface area contributed by atoms with Gasteiger partial charge in [-0.15, -0.1) is 0 Å². The van der Waals surface area contributed by atoms with Gasteiger partial charge in [0.25, 0.3) is 0 Å². The number of rotatable bonds is 6. The molecule has 4 nitrogen and oxygen atoms in total. The van der Waals surface area contributed by atoms with Crippen molar-refractivity contribution in [2.24, 2.45) is 5.92 Å². The quantitative estimate of drug-likeness (QED) is 0.526. The zero-order chi connectivity index (χ0) is 20.6. The molecule has 0 amide bonds. The third kappa shape index (κ3) is 3.32. The second-order valence-electron chi connectivity index (χ2n) is 7.72. The molecule has 0 bridgehead atoms. The van der Waals surface area contributed by atoms with E-state index in [0.29, 0.717) is 6.54 Å². The molecule has 2 aromatic carbocycles. The van der Waals surface area contributed by atoms with Crippen LogP contribution in [0.1, 0.15) is 37.6 Å². The topological polar surface area (TPSA) is 51.5 Å². The van der Waals surface area contributed by atoms with E-state index in [-0.39, 0.29) is 5.92 Å². The minimum Gasteiger partial charge on any atom is -0.497 e. The number of carboxylic acid groups (broad SMARTS) is 1. The van der Waals surface area contributed by atoms with Gasteiger partial charge in [0.1, 0.15) is 5.75 Å². The summed E-state index contributed by atoms with van der Waals surface area (Å²) in [6, 6.07) is 14.1. The lowest BCUT2D eigenvalue weighted by Gasteiger charge is -2.30. The molecule has 1 heterocycles. The van der Waals surface area contributed by atoms with Gasteiger partial charge >= 0.3 is 5.97 Å². The van der Waals surface area contributed by atoms with Crippen LogP contribution in [0.15, 0.2) is 46.9 Å². The number of fused-ring (bicyclic) bond motifs is 1. The minimum atomic E-state index is -1.00. The molecule has 3 aromatic rings. The Kier molecular flexibility index (Phi) is 5.57. The Bertz CT molecular complexity index is 1020. The van der Waals surface area contributed by atoms with Gasteiger partial charge in [-0.3, -0.25) is 4.79 Å². The van der Waals surface area contributed by atoms with Gasteiger partial charge in [-0.2, -0.15) is 0 Å². The van der Waals surface area contributed by atoms with E-state index < -0.39 is 11.4 Å². The number of hydrogen-bond acceptors (Lipinski definition) is 2. The predicted molar refractivity (Wildman–Crippen MR) is 116 cm³/mol. The Labute approximate surface area is 174 Å². The molecular weight excluding hydrogens is 418 g/mol. The average molecular weight is 444 g/mol. The largest absolute Gasteiger partial charge is 0.497 e. The van der Waals surface area contributed by atoms with Crippen molar-refractivity contribution in [3.63, 3.8) is 0 Å². The fraction of sp³-hybridized carbons (Fsp3) is 0.348. The van der Waals surface area contributed by atoms with Crippen LogP contribution in [0.3, 0.4) is 0 Å². The number of nitrogens with zero attached hydrogens (tertiary/aromatic N) is 1. The van der Waals surface area contributed by atoms with E-state index >= 15 is 0 Å². The van der Waals surface area contributed by atoms with Crippen LogP contribution in [0.25, 0.3) is 10.9 Å². The molecule has 0 unspecified atom stereocenters. The molecule has 0 aliphatic heterocycles. The Morgan fingerprint density at radius 3 is 2.39 bits per heavy atom. The number of carboxylic acids is 1. The Morgan fingerprint density at radius 2 is 1.86 bits per heavy atom. The van der Waals surface area contributed by atoms with E-state index in [1.165, 1.54) is 0 Å². The van der Waals surface area contributed by atoms with Gasteiger partial charge in [0.15, 0.2) is 0 Å². The van der Waals surface area contributed by atoms with Crippen molar-refractivity contribution >= 4 is 32.8 Å². The van der Waals surface area contributed by atoms with Crippen LogP contribution in [0.5, 0.6) is 5.75 Å². The van der Waals surface area contributed by atoms with Gasteiger partial charge in [-0.1, -0.05) is 41.9 Å². The maximum Gasteiger partial charge on any atom is 0.314 e. The van der Waals surface area contributed by atoms with Gasteiger partial charge in [-0.05, 0) is 61.2 Å². The number of halogens is 1. The van der Waals surface area contributed by atoms with Crippen molar-refractivity contribution in [3.8, 4) is 5.75 Å². The summed E-state index contributed by atoms with van der Waals surface area (Å²) < 4.78 is 8.67. The zero-order valence-electron chi connectivity index (χ0n) is 16.9. The van der Waals surface area contributed by atoms with Crippen molar-refractivity contribution in [2.45, 2.75) is 39.7 Å². The SMILES string of the molecule is COc1ccc2c(c1)c([C@](C)(C(=O)O)C(C)C)c(C)n2Cc1ccc(Br)cc1. The summed E-state index contributed by atoms with van der Waals surface area (Å²) in [5.41, 5.74) is 3.02. The van der Waals surface area contributed by atoms with Crippen molar-refractivity contribution in [1.82, 2.24) is 4.57 Å². The summed E-state index contributed by atoms with van der Waals surface area (Å²) in [6.45, 7) is 8.45. The highest BCUT2D eigenvalue weighted by Gasteiger charge is 2.42. The molecule has 0 aliphatic rings. The molecule has 5 heteroatoms. The maximum atomic E-state index is 12.4. The number of carbonyl (C=O) groups is 1. The smallest absolute Gasteiger partial charge is 0.314 e. The Balaban J connectivity index is 2.30. The van der Waals surface area contributed by atoms with Crippen LogP contribution >= 0.6 is 15.9 Å². The van der Waals surface area contributed by atoms with Crippen LogP contribution in [0, 0.1) is 12.8 Å². The number of aliphatic carboxylic acids is 1. The third-order valence-corrected chi connectivity index (χ3v) is 6.43. The molecule has 0 radical (unpaired) electrons. The normalized spacial score (nSPS) is 13.7. The van der Waals surface area contributed by atoms with Crippen LogP contribution in [-0.2, 0) is 16.8 Å². The molecule has 1 atom stereocenters. The summed E-state index contributed by atoms with van der Waals surface area (Å²) >= 11 is 3.48. The van der Waals surface area contributed by atoms with E-state index in [2.05, 4.69) is 32.6 Å². The third-order valence-electron chi connectivity index (χ3n) is 5.90. The lowest BCUT2D eigenvalue weighted by atomic mass is 9.72. The molecule has 148 valence electrons. The number of methoxy groups -OCH3 is 1. The lowest BCUT2D eigenvalue weighted by Crippen LogP contribution is -2.38. The molecule has 0 saturated carbocycles. The van der Waals surface area contributed by atoms with Crippen molar-refractivity contribution in [3.05, 3.63) is 63.8 Å². The summed E-state index contributed by atoms with van der Waals surface area (Å²) in [5.74, 6) is -0.149. The first-order chi connectivity index (χ1) is 13.2. The molecule has 3 rings (SSSR count). The van der Waals surface area contributed by atoms with E-state index in [4.69, 9.17) is 4.74 Å². The highest BCUT2D eigenvalue weighted by molar-refractivity contribution is 9.10. The number of aromatic nitrogens is 1. The van der Waals surface area contributed by atoms with Crippen LogP contribution in [0.2, 0.25) is 0 Å². The van der Waals surface area contributed by atoms with E-state index in [1.54, 1.807) is 7.11 Å². The number of hydrogen-bond donors (Lipinski definition) is 1. The summed E-state index contributed by atoms with van der Waals surface area (Å²) in [4.78, 5) is 12.4. The second-order valence-corrected chi connectivity index (χ2v) is 8.63. The fourth-order valence-electron chi connectivity index (χ4n) is 3.86. The number of benzene rings is 2. The molecule has 0 aliphatic carbocycles. The average Bonchev–Trinajstić information content (AvgIpc) is 2.93.